The Labute approximate surface area is 307 Å². The van der Waals surface area contributed by atoms with Gasteiger partial charge in [-0.15, -0.1) is 5.10 Å². The number of unbranched alkanes of at least 4 members (excludes halogenated alkanes) is 1. The maximum Gasteiger partial charge on any atom is 0.279 e. The molecule has 53 heavy (non-hydrogen) atoms. The Bertz CT molecular complexity index is 2410. The highest BCUT2D eigenvalue weighted by Crippen LogP contribution is 2.43. The molecule has 0 amide bonds. The first-order valence-corrected chi connectivity index (χ1v) is 17.9. The Morgan fingerprint density at radius 1 is 0.698 bits per heavy atom. The highest BCUT2D eigenvalue weighted by molar-refractivity contribution is 6.41. The first-order chi connectivity index (χ1) is 26.0. The molecular weight excluding hydrogens is 659 g/mol. The van der Waals surface area contributed by atoms with Crippen LogP contribution in [0.4, 0.5) is 5.95 Å². The highest BCUT2D eigenvalue weighted by Gasteiger charge is 2.42. The molecule has 1 aliphatic rings. The van der Waals surface area contributed by atoms with E-state index in [0.29, 0.717) is 29.2 Å². The van der Waals surface area contributed by atoms with E-state index < -0.39 is 5.54 Å². The predicted octanol–water partition coefficient (Wildman–Crippen LogP) is 8.08. The van der Waals surface area contributed by atoms with Gasteiger partial charge in [0.25, 0.3) is 11.5 Å². The maximum atomic E-state index is 13.7. The van der Waals surface area contributed by atoms with E-state index in [2.05, 4.69) is 82.8 Å². The lowest BCUT2D eigenvalue weighted by Crippen LogP contribution is -2.39. The molecule has 2 aromatic heterocycles. The molecule has 7 aromatic rings. The molecule has 0 saturated carbocycles. The number of benzene rings is 5. The fourth-order valence-electron chi connectivity index (χ4n) is 7.47. The molecule has 0 N–H and O–H groups in total. The van der Waals surface area contributed by atoms with Crippen molar-refractivity contribution >= 4 is 17.6 Å². The van der Waals surface area contributed by atoms with Crippen molar-refractivity contribution in [3.8, 4) is 22.5 Å². The van der Waals surface area contributed by atoms with Gasteiger partial charge in [0, 0.05) is 23.2 Å². The fraction of sp³-hybridized carbons (Fsp3) is 0.159. The summed E-state index contributed by atoms with van der Waals surface area (Å²) in [7, 11) is 0. The minimum atomic E-state index is -0.957. The fourth-order valence-corrected chi connectivity index (χ4v) is 7.47. The first-order valence-electron chi connectivity index (χ1n) is 17.9. The summed E-state index contributed by atoms with van der Waals surface area (Å²) in [4.78, 5) is 35.5. The van der Waals surface area contributed by atoms with Gasteiger partial charge in [0.1, 0.15) is 11.3 Å². The average Bonchev–Trinajstić information content (AvgIpc) is 3.80. The zero-order valence-electron chi connectivity index (χ0n) is 29.6. The Kier molecular flexibility index (Phi) is 8.98. The quantitative estimate of drug-likeness (QED) is 0.127. The molecule has 0 unspecified atom stereocenters. The number of tetrazole rings is 1. The molecule has 1 aliphatic heterocycles. The number of aromatic nitrogens is 6. The van der Waals surface area contributed by atoms with Gasteiger partial charge in [-0.3, -0.25) is 9.59 Å². The summed E-state index contributed by atoms with van der Waals surface area (Å²) in [6.07, 6.45) is 2.55. The molecule has 0 spiro atoms. The van der Waals surface area contributed by atoms with Gasteiger partial charge in [-0.2, -0.15) is 4.98 Å². The Balaban J connectivity index is 1.37. The molecule has 9 heteroatoms. The van der Waals surface area contributed by atoms with E-state index in [-0.39, 0.29) is 23.8 Å². The van der Waals surface area contributed by atoms with Crippen LogP contribution in [0.2, 0.25) is 0 Å². The lowest BCUT2D eigenvalue weighted by Gasteiger charge is -2.36. The number of aliphatic imine (C=N–C) groups is 1. The van der Waals surface area contributed by atoms with E-state index in [9.17, 15) is 9.59 Å². The molecule has 0 radical (unpaired) electrons. The van der Waals surface area contributed by atoms with Crippen molar-refractivity contribution in [1.82, 2.24) is 29.8 Å². The van der Waals surface area contributed by atoms with Crippen molar-refractivity contribution in [2.75, 3.05) is 0 Å². The van der Waals surface area contributed by atoms with Crippen LogP contribution in [0.5, 0.6) is 0 Å². The van der Waals surface area contributed by atoms with Crippen molar-refractivity contribution in [1.29, 1.82) is 0 Å². The number of rotatable bonds is 11. The number of nitrogens with zero attached hydrogens (tertiary/aromatic N) is 7. The van der Waals surface area contributed by atoms with Crippen LogP contribution in [0.3, 0.4) is 0 Å². The third-order valence-electron chi connectivity index (χ3n) is 9.98. The molecular formula is C44H37N7O2. The van der Waals surface area contributed by atoms with E-state index in [1.165, 1.54) is 4.57 Å². The van der Waals surface area contributed by atoms with E-state index in [0.717, 1.165) is 51.8 Å². The van der Waals surface area contributed by atoms with Crippen LogP contribution >= 0.6 is 0 Å². The standard InChI is InChI=1S/C44H37N7O2/c1-3-4-25-39-38(41(52)46-43-45-30(2)42(53)50(39)43)29-31-26-27-36(32-17-9-5-10-18-32)37(28-31)40-47-48-49-51(40)44(33-19-11-6-12-20-33,34-21-13-7-14-22-34)35-23-15-8-16-24-35/h5-24,26-28H,3-4,25,29H2,1-2H3. The largest absolute Gasteiger partial charge is 0.279 e. The van der Waals surface area contributed by atoms with Crippen molar-refractivity contribution in [3.05, 3.63) is 183 Å². The van der Waals surface area contributed by atoms with Gasteiger partial charge in [-0.1, -0.05) is 147 Å². The van der Waals surface area contributed by atoms with E-state index in [1.54, 1.807) is 6.92 Å². The molecule has 0 atom stereocenters. The Morgan fingerprint density at radius 3 is 1.87 bits per heavy atom. The summed E-state index contributed by atoms with van der Waals surface area (Å²) >= 11 is 0. The van der Waals surface area contributed by atoms with E-state index >= 15 is 0 Å². The number of fused-ring (bicyclic) bond motifs is 1. The van der Waals surface area contributed by atoms with E-state index in [1.807, 2.05) is 83.5 Å². The first kappa shape index (κ1) is 33.5. The van der Waals surface area contributed by atoms with Gasteiger partial charge < -0.3 is 0 Å². The number of carbonyl (C=O) groups is 1. The smallest absolute Gasteiger partial charge is 0.267 e. The summed E-state index contributed by atoms with van der Waals surface area (Å²) in [6.45, 7) is 3.75. The average molecular weight is 696 g/mol. The number of hydrogen-bond donors (Lipinski definition) is 0. The molecule has 260 valence electrons. The van der Waals surface area contributed by atoms with Crippen LogP contribution in [-0.4, -0.2) is 41.4 Å². The highest BCUT2D eigenvalue weighted by atomic mass is 16.2. The zero-order valence-corrected chi connectivity index (χ0v) is 29.6. The Hall–Kier alpha value is -6.61. The lowest BCUT2D eigenvalue weighted by atomic mass is 9.76. The Morgan fingerprint density at radius 2 is 1.28 bits per heavy atom. The van der Waals surface area contributed by atoms with Gasteiger partial charge in [0.2, 0.25) is 5.95 Å². The summed E-state index contributed by atoms with van der Waals surface area (Å²) < 4.78 is 3.45. The minimum absolute atomic E-state index is 0.158. The molecule has 0 aliphatic carbocycles. The van der Waals surface area contributed by atoms with Crippen LogP contribution in [-0.2, 0) is 18.4 Å². The summed E-state index contributed by atoms with van der Waals surface area (Å²) in [5, 5.41) is 13.9. The number of hydrogen-bond acceptors (Lipinski definition) is 7. The van der Waals surface area contributed by atoms with Crippen molar-refractivity contribution < 1.29 is 4.79 Å². The summed E-state index contributed by atoms with van der Waals surface area (Å²) in [6, 6.07) is 47.2. The molecule has 9 nitrogen and oxygen atoms in total. The normalized spacial score (nSPS) is 12.5. The van der Waals surface area contributed by atoms with Crippen LogP contribution in [0.1, 0.15) is 65.0 Å². The zero-order chi connectivity index (χ0) is 36.4. The molecule has 0 bridgehead atoms. The predicted molar refractivity (Wildman–Crippen MR) is 207 cm³/mol. The van der Waals surface area contributed by atoms with Crippen LogP contribution in [0.25, 0.3) is 22.5 Å². The van der Waals surface area contributed by atoms with E-state index in [4.69, 9.17) is 10.3 Å². The van der Waals surface area contributed by atoms with Gasteiger partial charge in [-0.25, -0.2) is 14.2 Å². The lowest BCUT2D eigenvalue weighted by molar-refractivity contribution is 0.0992. The van der Waals surface area contributed by atoms with Crippen LogP contribution < -0.4 is 5.56 Å². The van der Waals surface area contributed by atoms with Crippen molar-refractivity contribution in [2.24, 2.45) is 4.99 Å². The third-order valence-corrected chi connectivity index (χ3v) is 9.98. The van der Waals surface area contributed by atoms with Gasteiger partial charge in [0.05, 0.1) is 0 Å². The molecule has 3 heterocycles. The minimum Gasteiger partial charge on any atom is -0.267 e. The van der Waals surface area contributed by atoms with Gasteiger partial charge >= 0.3 is 0 Å². The second kappa shape index (κ2) is 14.2. The second-order valence-corrected chi connectivity index (χ2v) is 13.2. The summed E-state index contributed by atoms with van der Waals surface area (Å²) in [5.41, 5.74) is 6.71. The third kappa shape index (κ3) is 5.90. The SMILES string of the molecule is CCCCc1c(Cc2ccc(-c3ccccc3)c(-c3nnnn3C(c3ccccc3)(c3ccccc3)c3ccccc3)c2)c(=O)nc2n1C(=O)C(C)=N2. The van der Waals surface area contributed by atoms with Crippen LogP contribution in [0, 0.1) is 0 Å². The topological polar surface area (TPSA) is 108 Å². The van der Waals surface area contributed by atoms with Gasteiger partial charge in [-0.05, 0) is 69.6 Å². The molecule has 8 rings (SSSR count). The maximum absolute atomic E-state index is 13.7. The van der Waals surface area contributed by atoms with Crippen LogP contribution in [0.15, 0.2) is 149 Å². The summed E-state index contributed by atoms with van der Waals surface area (Å²) in [5.74, 6) is 0.473. The van der Waals surface area contributed by atoms with Gasteiger partial charge in [0.15, 0.2) is 5.82 Å². The molecule has 5 aromatic carbocycles. The number of carbonyl (C=O) groups excluding carboxylic acids is 1. The monoisotopic (exact) mass is 695 g/mol. The molecule has 0 saturated heterocycles. The second-order valence-electron chi connectivity index (χ2n) is 13.2. The molecule has 0 fully saturated rings. The van der Waals surface area contributed by atoms with Crippen molar-refractivity contribution in [2.45, 2.75) is 45.1 Å². The van der Waals surface area contributed by atoms with Crippen molar-refractivity contribution in [3.63, 3.8) is 0 Å².